The molecule has 1 aromatic heterocycles. The largest absolute Gasteiger partial charge is 0.474 e. The van der Waals surface area contributed by atoms with Crippen LogP contribution < -0.4 is 4.74 Å². The van der Waals surface area contributed by atoms with Gasteiger partial charge in [0, 0.05) is 12.3 Å². The third-order valence-electron chi connectivity index (χ3n) is 3.73. The molecular formula is C15H23NO. The summed E-state index contributed by atoms with van der Waals surface area (Å²) in [4.78, 5) is 4.33. The Balaban J connectivity index is 2.04. The molecule has 2 atom stereocenters. The molecule has 2 nitrogen and oxygen atoms in total. The molecule has 2 heteroatoms. The summed E-state index contributed by atoms with van der Waals surface area (Å²) in [5.41, 5.74) is 1.30. The lowest BCUT2D eigenvalue weighted by Gasteiger charge is -2.28. The Morgan fingerprint density at radius 1 is 1.29 bits per heavy atom. The predicted molar refractivity (Wildman–Crippen MR) is 70.4 cm³/mol. The van der Waals surface area contributed by atoms with Gasteiger partial charge in [0.05, 0.1) is 0 Å². The lowest BCUT2D eigenvalue weighted by Crippen LogP contribution is -2.28. The van der Waals surface area contributed by atoms with Crippen LogP contribution in [0.5, 0.6) is 5.88 Å². The van der Waals surface area contributed by atoms with Gasteiger partial charge in [0.2, 0.25) is 5.88 Å². The van der Waals surface area contributed by atoms with Crippen molar-refractivity contribution in [2.45, 2.75) is 58.5 Å². The second-order valence-corrected chi connectivity index (χ2v) is 5.50. The molecule has 0 spiro atoms. The van der Waals surface area contributed by atoms with E-state index >= 15 is 0 Å². The first-order valence-corrected chi connectivity index (χ1v) is 6.79. The van der Waals surface area contributed by atoms with Gasteiger partial charge in [-0.05, 0) is 42.7 Å². The molecule has 2 rings (SSSR count). The van der Waals surface area contributed by atoms with Crippen molar-refractivity contribution in [1.82, 2.24) is 4.98 Å². The Morgan fingerprint density at radius 2 is 2.06 bits per heavy atom. The molecule has 1 aliphatic rings. The van der Waals surface area contributed by atoms with Crippen molar-refractivity contribution in [3.8, 4) is 5.88 Å². The first-order chi connectivity index (χ1) is 8.16. The van der Waals surface area contributed by atoms with E-state index in [1.54, 1.807) is 0 Å². The molecule has 0 aromatic carbocycles. The summed E-state index contributed by atoms with van der Waals surface area (Å²) >= 11 is 0. The van der Waals surface area contributed by atoms with E-state index in [1.807, 2.05) is 6.20 Å². The maximum absolute atomic E-state index is 6.05. The van der Waals surface area contributed by atoms with Gasteiger partial charge in [-0.2, -0.15) is 0 Å². The zero-order valence-electron chi connectivity index (χ0n) is 11.1. The van der Waals surface area contributed by atoms with Crippen LogP contribution in [0.15, 0.2) is 18.3 Å². The molecular weight excluding hydrogens is 210 g/mol. The van der Waals surface area contributed by atoms with Gasteiger partial charge < -0.3 is 4.74 Å². The van der Waals surface area contributed by atoms with Crippen molar-refractivity contribution in [1.29, 1.82) is 0 Å². The molecule has 1 aromatic rings. The summed E-state index contributed by atoms with van der Waals surface area (Å²) in [6.07, 6.45) is 7.32. The molecule has 0 amide bonds. The van der Waals surface area contributed by atoms with Crippen LogP contribution >= 0.6 is 0 Å². The zero-order valence-corrected chi connectivity index (χ0v) is 11.1. The Hall–Kier alpha value is -1.05. The van der Waals surface area contributed by atoms with Crippen LogP contribution in [-0.2, 0) is 0 Å². The molecule has 0 radical (unpaired) electrons. The molecule has 0 unspecified atom stereocenters. The highest BCUT2D eigenvalue weighted by Crippen LogP contribution is 2.28. The number of aromatic nitrogens is 1. The van der Waals surface area contributed by atoms with Crippen LogP contribution in [0.4, 0.5) is 0 Å². The number of rotatable bonds is 3. The second-order valence-electron chi connectivity index (χ2n) is 5.50. The minimum absolute atomic E-state index is 0.360. The fourth-order valence-corrected chi connectivity index (χ4v) is 2.46. The highest BCUT2D eigenvalue weighted by molar-refractivity contribution is 5.23. The number of ether oxygens (including phenoxy) is 1. The van der Waals surface area contributed by atoms with Crippen LogP contribution in [0.3, 0.4) is 0 Å². The normalized spacial score (nSPS) is 24.9. The summed E-state index contributed by atoms with van der Waals surface area (Å²) in [6.45, 7) is 6.68. The minimum atomic E-state index is 0.360. The minimum Gasteiger partial charge on any atom is -0.474 e. The molecule has 1 saturated carbocycles. The van der Waals surface area contributed by atoms with E-state index in [9.17, 15) is 0 Å². The smallest absolute Gasteiger partial charge is 0.213 e. The number of hydrogen-bond donors (Lipinski definition) is 0. The van der Waals surface area contributed by atoms with E-state index in [4.69, 9.17) is 4.74 Å². The Bertz CT molecular complexity index is 362. The fourth-order valence-electron chi connectivity index (χ4n) is 2.46. The van der Waals surface area contributed by atoms with E-state index in [2.05, 4.69) is 37.9 Å². The lowest BCUT2D eigenvalue weighted by atomic mass is 9.88. The second kappa shape index (κ2) is 5.52. The third kappa shape index (κ3) is 3.21. The molecule has 94 valence electrons. The van der Waals surface area contributed by atoms with Crippen LogP contribution in [0.2, 0.25) is 0 Å². The Labute approximate surface area is 104 Å². The first-order valence-electron chi connectivity index (χ1n) is 6.79. The fraction of sp³-hybridized carbons (Fsp3) is 0.667. The van der Waals surface area contributed by atoms with Gasteiger partial charge in [-0.1, -0.05) is 27.2 Å². The molecule has 1 heterocycles. The topological polar surface area (TPSA) is 22.1 Å². The van der Waals surface area contributed by atoms with Gasteiger partial charge in [0.15, 0.2) is 0 Å². The van der Waals surface area contributed by atoms with Crippen LogP contribution in [-0.4, -0.2) is 11.1 Å². The van der Waals surface area contributed by atoms with E-state index in [-0.39, 0.29) is 0 Å². The van der Waals surface area contributed by atoms with Gasteiger partial charge >= 0.3 is 0 Å². The van der Waals surface area contributed by atoms with E-state index < -0.39 is 0 Å². The summed E-state index contributed by atoms with van der Waals surface area (Å²) in [5, 5.41) is 0. The molecule has 1 fully saturated rings. The maximum atomic E-state index is 6.05. The van der Waals surface area contributed by atoms with Gasteiger partial charge in [-0.25, -0.2) is 4.98 Å². The third-order valence-corrected chi connectivity index (χ3v) is 3.73. The zero-order chi connectivity index (χ0) is 12.3. The quantitative estimate of drug-likeness (QED) is 0.782. The van der Waals surface area contributed by atoms with Gasteiger partial charge in [-0.3, -0.25) is 0 Å². The number of hydrogen-bond acceptors (Lipinski definition) is 2. The highest BCUT2D eigenvalue weighted by atomic mass is 16.5. The van der Waals surface area contributed by atoms with Crippen molar-refractivity contribution in [3.63, 3.8) is 0 Å². The molecule has 0 aliphatic heterocycles. The van der Waals surface area contributed by atoms with Crippen molar-refractivity contribution in [2.24, 2.45) is 5.92 Å². The standard InChI is InChI=1S/C15H23NO/c1-11(2)13-8-9-16-15(10-13)17-14-7-5-4-6-12(14)3/h8-12,14H,4-7H2,1-3H3/t12-,14+/m1/s1. The predicted octanol–water partition coefficient (Wildman–Crippen LogP) is 4.16. The van der Waals surface area contributed by atoms with Crippen molar-refractivity contribution < 1.29 is 4.74 Å². The van der Waals surface area contributed by atoms with Gasteiger partial charge in [-0.15, -0.1) is 0 Å². The van der Waals surface area contributed by atoms with Crippen LogP contribution in [0.1, 0.15) is 57.9 Å². The first kappa shape index (κ1) is 12.4. The van der Waals surface area contributed by atoms with Gasteiger partial charge in [0.25, 0.3) is 0 Å². The highest BCUT2D eigenvalue weighted by Gasteiger charge is 2.23. The average molecular weight is 233 g/mol. The maximum Gasteiger partial charge on any atom is 0.213 e. The van der Waals surface area contributed by atoms with Crippen molar-refractivity contribution in [2.75, 3.05) is 0 Å². The van der Waals surface area contributed by atoms with E-state index in [0.717, 1.165) is 5.88 Å². The molecule has 1 aliphatic carbocycles. The summed E-state index contributed by atoms with van der Waals surface area (Å²) in [6, 6.07) is 4.16. The summed E-state index contributed by atoms with van der Waals surface area (Å²) in [7, 11) is 0. The Morgan fingerprint density at radius 3 is 2.76 bits per heavy atom. The molecule has 0 N–H and O–H groups in total. The van der Waals surface area contributed by atoms with Crippen molar-refractivity contribution in [3.05, 3.63) is 23.9 Å². The Kier molecular flexibility index (Phi) is 4.03. The van der Waals surface area contributed by atoms with Gasteiger partial charge in [0.1, 0.15) is 6.10 Å². The van der Waals surface area contributed by atoms with E-state index in [1.165, 1.54) is 31.2 Å². The van der Waals surface area contributed by atoms with E-state index in [0.29, 0.717) is 17.9 Å². The van der Waals surface area contributed by atoms with Crippen LogP contribution in [0, 0.1) is 5.92 Å². The molecule has 17 heavy (non-hydrogen) atoms. The monoisotopic (exact) mass is 233 g/mol. The summed E-state index contributed by atoms with van der Waals surface area (Å²) < 4.78 is 6.05. The molecule has 0 bridgehead atoms. The lowest BCUT2D eigenvalue weighted by molar-refractivity contribution is 0.0975. The number of nitrogens with zero attached hydrogens (tertiary/aromatic N) is 1. The average Bonchev–Trinajstić information content (AvgIpc) is 2.32. The summed E-state index contributed by atoms with van der Waals surface area (Å²) in [5.74, 6) is 1.99. The van der Waals surface area contributed by atoms with Crippen LogP contribution in [0.25, 0.3) is 0 Å². The molecule has 0 saturated heterocycles. The SMILES string of the molecule is CC(C)c1ccnc(O[C@H]2CCCC[C@H]2C)c1. The number of pyridine rings is 1. The van der Waals surface area contributed by atoms with Crippen molar-refractivity contribution >= 4 is 0 Å².